The summed E-state index contributed by atoms with van der Waals surface area (Å²) in [4.78, 5) is 11.6. The number of ether oxygens (including phenoxy) is 1. The Bertz CT molecular complexity index is 480. The Kier molecular flexibility index (Phi) is 5.62. The molecule has 1 saturated carbocycles. The fraction of sp³-hybridized carbons (Fsp3) is 0.588. The van der Waals surface area contributed by atoms with Gasteiger partial charge < -0.3 is 15.8 Å². The second kappa shape index (κ2) is 7.46. The molecule has 1 aromatic rings. The first-order valence-electron chi connectivity index (χ1n) is 7.86. The molecule has 0 saturated heterocycles. The normalized spacial score (nSPS) is 17.3. The predicted octanol–water partition coefficient (Wildman–Crippen LogP) is 3.24. The van der Waals surface area contributed by atoms with Crippen molar-refractivity contribution in [2.24, 2.45) is 11.7 Å². The number of nitrogens with one attached hydrogen (secondary N) is 1. The lowest BCUT2D eigenvalue weighted by Gasteiger charge is -2.22. The Hall–Kier alpha value is -1.55. The highest BCUT2D eigenvalue weighted by atomic mass is 16.5. The van der Waals surface area contributed by atoms with Crippen LogP contribution in [0.5, 0.6) is 5.75 Å². The van der Waals surface area contributed by atoms with Crippen molar-refractivity contribution in [1.82, 2.24) is 0 Å². The van der Waals surface area contributed by atoms with Gasteiger partial charge in [0.25, 0.3) is 0 Å². The maximum Gasteiger partial charge on any atom is 0.241 e. The molecule has 2 rings (SSSR count). The van der Waals surface area contributed by atoms with E-state index >= 15 is 0 Å². The van der Waals surface area contributed by atoms with Crippen LogP contribution >= 0.6 is 0 Å². The number of amides is 1. The monoisotopic (exact) mass is 290 g/mol. The fourth-order valence-corrected chi connectivity index (χ4v) is 2.65. The topological polar surface area (TPSA) is 64.4 Å². The number of aryl methyl sites for hydroxylation is 1. The zero-order valence-corrected chi connectivity index (χ0v) is 13.0. The first-order chi connectivity index (χ1) is 10.1. The molecule has 116 valence electrons. The molecule has 0 heterocycles. The molecular weight excluding hydrogens is 264 g/mol. The van der Waals surface area contributed by atoms with E-state index in [4.69, 9.17) is 10.5 Å². The van der Waals surface area contributed by atoms with Crippen LogP contribution in [-0.2, 0) is 4.79 Å². The van der Waals surface area contributed by atoms with Crippen LogP contribution in [0, 0.1) is 12.8 Å². The standard InChI is InChI=1S/C17H26N2O2/c1-12-8-9-15(19-17(20)13(2)18)10-16(12)21-11-14-6-4-3-5-7-14/h8-10,13-14H,3-7,11,18H2,1-2H3,(H,19,20)/t13-/m0/s1. The van der Waals surface area contributed by atoms with Crippen molar-refractivity contribution in [1.29, 1.82) is 0 Å². The van der Waals surface area contributed by atoms with Gasteiger partial charge in [0, 0.05) is 11.8 Å². The third kappa shape index (κ3) is 4.74. The zero-order valence-electron chi connectivity index (χ0n) is 13.0. The Morgan fingerprint density at radius 3 is 2.76 bits per heavy atom. The third-order valence-electron chi connectivity index (χ3n) is 4.07. The van der Waals surface area contributed by atoms with E-state index in [1.165, 1.54) is 32.1 Å². The molecule has 0 radical (unpaired) electrons. The van der Waals surface area contributed by atoms with Crippen LogP contribution < -0.4 is 15.8 Å². The summed E-state index contributed by atoms with van der Waals surface area (Å²) in [5.41, 5.74) is 7.39. The van der Waals surface area contributed by atoms with Crippen molar-refractivity contribution < 1.29 is 9.53 Å². The molecule has 21 heavy (non-hydrogen) atoms. The van der Waals surface area contributed by atoms with Crippen LogP contribution in [0.15, 0.2) is 18.2 Å². The van der Waals surface area contributed by atoms with Gasteiger partial charge in [0.2, 0.25) is 5.91 Å². The van der Waals surface area contributed by atoms with E-state index in [0.29, 0.717) is 5.92 Å². The highest BCUT2D eigenvalue weighted by molar-refractivity contribution is 5.94. The minimum absolute atomic E-state index is 0.183. The molecule has 1 atom stereocenters. The lowest BCUT2D eigenvalue weighted by atomic mass is 9.90. The SMILES string of the molecule is Cc1ccc(NC(=O)[C@H](C)N)cc1OCC1CCCCC1. The predicted molar refractivity (Wildman–Crippen MR) is 85.5 cm³/mol. The van der Waals surface area contributed by atoms with E-state index < -0.39 is 6.04 Å². The van der Waals surface area contributed by atoms with Gasteiger partial charge in [-0.3, -0.25) is 4.79 Å². The van der Waals surface area contributed by atoms with Crippen LogP contribution in [0.25, 0.3) is 0 Å². The number of carbonyl (C=O) groups is 1. The van der Waals surface area contributed by atoms with Gasteiger partial charge in [-0.05, 0) is 44.2 Å². The summed E-state index contributed by atoms with van der Waals surface area (Å²) in [7, 11) is 0. The van der Waals surface area contributed by atoms with Gasteiger partial charge in [0.05, 0.1) is 12.6 Å². The summed E-state index contributed by atoms with van der Waals surface area (Å²) in [6, 6.07) is 5.21. The van der Waals surface area contributed by atoms with E-state index in [1.807, 2.05) is 25.1 Å². The molecule has 1 fully saturated rings. The van der Waals surface area contributed by atoms with Crippen LogP contribution in [0.2, 0.25) is 0 Å². The molecule has 1 aliphatic rings. The maximum absolute atomic E-state index is 11.6. The second-order valence-corrected chi connectivity index (χ2v) is 6.07. The molecule has 0 bridgehead atoms. The number of benzene rings is 1. The Balaban J connectivity index is 1.96. The molecule has 4 nitrogen and oxygen atoms in total. The number of anilines is 1. The van der Waals surface area contributed by atoms with E-state index in [2.05, 4.69) is 5.32 Å². The van der Waals surface area contributed by atoms with Gasteiger partial charge in [-0.25, -0.2) is 0 Å². The van der Waals surface area contributed by atoms with Gasteiger partial charge in [-0.15, -0.1) is 0 Å². The Morgan fingerprint density at radius 1 is 1.38 bits per heavy atom. The largest absolute Gasteiger partial charge is 0.493 e. The molecule has 1 aliphatic carbocycles. The van der Waals surface area contributed by atoms with Crippen molar-refractivity contribution in [2.45, 2.75) is 52.0 Å². The molecule has 3 N–H and O–H groups in total. The quantitative estimate of drug-likeness (QED) is 0.875. The summed E-state index contributed by atoms with van der Waals surface area (Å²) in [5.74, 6) is 1.33. The molecule has 0 aliphatic heterocycles. The van der Waals surface area contributed by atoms with Crippen molar-refractivity contribution in [2.75, 3.05) is 11.9 Å². The molecule has 0 spiro atoms. The lowest BCUT2D eigenvalue weighted by Crippen LogP contribution is -2.32. The van der Waals surface area contributed by atoms with Crippen molar-refractivity contribution in [3.8, 4) is 5.75 Å². The number of carbonyl (C=O) groups excluding carboxylic acids is 1. The minimum Gasteiger partial charge on any atom is -0.493 e. The molecule has 4 heteroatoms. The van der Waals surface area contributed by atoms with Gasteiger partial charge in [-0.2, -0.15) is 0 Å². The maximum atomic E-state index is 11.6. The average molecular weight is 290 g/mol. The molecule has 1 aromatic carbocycles. The molecule has 0 aromatic heterocycles. The number of nitrogens with two attached hydrogens (primary N) is 1. The minimum atomic E-state index is -0.516. The summed E-state index contributed by atoms with van der Waals surface area (Å²) in [6.45, 7) is 4.46. The average Bonchev–Trinajstić information content (AvgIpc) is 2.48. The highest BCUT2D eigenvalue weighted by Gasteiger charge is 2.15. The zero-order chi connectivity index (χ0) is 15.2. The van der Waals surface area contributed by atoms with Gasteiger partial charge in [0.15, 0.2) is 0 Å². The summed E-state index contributed by atoms with van der Waals surface area (Å²) < 4.78 is 5.98. The third-order valence-corrected chi connectivity index (χ3v) is 4.07. The number of rotatable bonds is 5. The number of hydrogen-bond donors (Lipinski definition) is 2. The van der Waals surface area contributed by atoms with E-state index in [-0.39, 0.29) is 5.91 Å². The first-order valence-corrected chi connectivity index (χ1v) is 7.86. The number of hydrogen-bond acceptors (Lipinski definition) is 3. The van der Waals surface area contributed by atoms with Gasteiger partial charge >= 0.3 is 0 Å². The van der Waals surface area contributed by atoms with Crippen LogP contribution in [0.3, 0.4) is 0 Å². The summed E-state index contributed by atoms with van der Waals surface area (Å²) in [5, 5.41) is 2.80. The van der Waals surface area contributed by atoms with Gasteiger partial charge in [-0.1, -0.05) is 25.3 Å². The highest BCUT2D eigenvalue weighted by Crippen LogP contribution is 2.27. The summed E-state index contributed by atoms with van der Waals surface area (Å²) >= 11 is 0. The molecule has 1 amide bonds. The Labute approximate surface area is 127 Å². The first kappa shape index (κ1) is 15.8. The lowest BCUT2D eigenvalue weighted by molar-refractivity contribution is -0.117. The van der Waals surface area contributed by atoms with Crippen molar-refractivity contribution >= 4 is 11.6 Å². The molecule has 0 unspecified atom stereocenters. The van der Waals surface area contributed by atoms with Gasteiger partial charge in [0.1, 0.15) is 5.75 Å². The second-order valence-electron chi connectivity index (χ2n) is 6.07. The van der Waals surface area contributed by atoms with Crippen LogP contribution in [0.1, 0.15) is 44.6 Å². The van der Waals surface area contributed by atoms with Crippen LogP contribution in [0.4, 0.5) is 5.69 Å². The van der Waals surface area contributed by atoms with Crippen LogP contribution in [-0.4, -0.2) is 18.6 Å². The summed E-state index contributed by atoms with van der Waals surface area (Å²) in [6.07, 6.45) is 6.52. The van der Waals surface area contributed by atoms with E-state index in [9.17, 15) is 4.79 Å². The van der Waals surface area contributed by atoms with E-state index in [0.717, 1.165) is 23.6 Å². The van der Waals surface area contributed by atoms with E-state index in [1.54, 1.807) is 6.92 Å². The smallest absolute Gasteiger partial charge is 0.241 e. The fourth-order valence-electron chi connectivity index (χ4n) is 2.65. The van der Waals surface area contributed by atoms with Crippen molar-refractivity contribution in [3.05, 3.63) is 23.8 Å². The molecular formula is C17H26N2O2. The van der Waals surface area contributed by atoms with Crippen molar-refractivity contribution in [3.63, 3.8) is 0 Å². The Morgan fingerprint density at radius 2 is 2.10 bits per heavy atom.